The summed E-state index contributed by atoms with van der Waals surface area (Å²) < 4.78 is 43.4. The van der Waals surface area contributed by atoms with E-state index in [1.165, 1.54) is 36.0 Å². The van der Waals surface area contributed by atoms with Gasteiger partial charge in [-0.05, 0) is 37.3 Å². The molecule has 0 spiro atoms. The molecule has 0 bridgehead atoms. The number of nitrogens with zero attached hydrogens (tertiary/aromatic N) is 1. The molecule has 0 aromatic heterocycles. The van der Waals surface area contributed by atoms with Gasteiger partial charge in [-0.1, -0.05) is 33.6 Å². The lowest BCUT2D eigenvalue weighted by Gasteiger charge is -1.99. The summed E-state index contributed by atoms with van der Waals surface area (Å²) in [5.74, 6) is -0.831. The van der Waals surface area contributed by atoms with E-state index in [0.717, 1.165) is 5.56 Å². The summed E-state index contributed by atoms with van der Waals surface area (Å²) in [7, 11) is -4.02. The van der Waals surface area contributed by atoms with Gasteiger partial charge in [0.05, 0.1) is 11.1 Å². The number of aryl methyl sites for hydroxylation is 1. The molecule has 11 heteroatoms. The van der Waals surface area contributed by atoms with Gasteiger partial charge in [0.2, 0.25) is 5.96 Å². The zero-order valence-electron chi connectivity index (χ0n) is 13.4. The molecule has 0 amide bonds. The van der Waals surface area contributed by atoms with Gasteiger partial charge >= 0.3 is 0 Å². The first-order valence-electron chi connectivity index (χ1n) is 6.90. The molecular weight excluding hydrogens is 431 g/mol. The van der Waals surface area contributed by atoms with E-state index < -0.39 is 21.9 Å². The maximum absolute atomic E-state index is 13.2. The van der Waals surface area contributed by atoms with E-state index in [9.17, 15) is 12.8 Å². The van der Waals surface area contributed by atoms with E-state index in [0.29, 0.717) is 4.47 Å². The van der Waals surface area contributed by atoms with E-state index in [4.69, 9.17) is 15.2 Å². The molecule has 0 saturated heterocycles. The number of nitrogens with one attached hydrogen (secondary N) is 3. The Kier molecular flexibility index (Phi) is 8.32. The lowest BCUT2D eigenvalue weighted by Crippen LogP contribution is -2.30. The summed E-state index contributed by atoms with van der Waals surface area (Å²) >= 11 is 3.12. The van der Waals surface area contributed by atoms with Crippen LogP contribution < -0.4 is 10.9 Å². The van der Waals surface area contributed by atoms with Gasteiger partial charge < -0.3 is 0 Å². The fourth-order valence-electron chi connectivity index (χ4n) is 1.51. The quantitative estimate of drug-likeness (QED) is 0.213. The first-order valence-corrected chi connectivity index (χ1v) is 9.13. The van der Waals surface area contributed by atoms with Crippen LogP contribution in [-0.2, 0) is 10.1 Å². The number of guanidine groups is 1. The van der Waals surface area contributed by atoms with Crippen molar-refractivity contribution in [1.82, 2.24) is 10.9 Å². The molecule has 0 unspecified atom stereocenters. The predicted molar refractivity (Wildman–Crippen MR) is 98.5 cm³/mol. The van der Waals surface area contributed by atoms with Crippen LogP contribution in [0.2, 0.25) is 0 Å². The molecule has 0 aliphatic carbocycles. The highest BCUT2D eigenvalue weighted by atomic mass is 79.9. The highest BCUT2D eigenvalue weighted by Gasteiger charge is 2.06. The molecule has 2 aromatic rings. The van der Waals surface area contributed by atoms with Gasteiger partial charge in [-0.2, -0.15) is 13.5 Å². The average molecular weight is 447 g/mol. The van der Waals surface area contributed by atoms with Crippen LogP contribution in [0.15, 0.2) is 56.9 Å². The minimum Gasteiger partial charge on any atom is -0.288 e. The van der Waals surface area contributed by atoms with Crippen LogP contribution in [0.4, 0.5) is 4.39 Å². The normalized spacial score (nSPS) is 10.8. The van der Waals surface area contributed by atoms with Gasteiger partial charge in [0, 0.05) is 10.0 Å². The van der Waals surface area contributed by atoms with Gasteiger partial charge in [0.1, 0.15) is 5.82 Å². The summed E-state index contributed by atoms with van der Waals surface area (Å²) in [6.07, 6.45) is 1.20. The monoisotopic (exact) mass is 446 g/mol. The summed E-state index contributed by atoms with van der Waals surface area (Å²) in [5.41, 5.74) is 4.90. The molecule has 2 aromatic carbocycles. The SMILES string of the molecule is Cc1ccc(S(=O)(=O)O)cc1.N=C(NO)NN=Cc1ccc(Br)cc1F. The van der Waals surface area contributed by atoms with Crippen molar-refractivity contribution >= 4 is 38.2 Å². The Bertz CT molecular complexity index is 889. The Morgan fingerprint density at radius 2 is 1.88 bits per heavy atom. The third kappa shape index (κ3) is 7.70. The first kappa shape index (κ1) is 21.7. The van der Waals surface area contributed by atoms with Crippen molar-refractivity contribution < 1.29 is 22.6 Å². The zero-order chi connectivity index (χ0) is 19.7. The van der Waals surface area contributed by atoms with Gasteiger partial charge in [-0.3, -0.25) is 15.2 Å². The average Bonchev–Trinajstić information content (AvgIpc) is 2.57. The molecule has 8 nitrogen and oxygen atoms in total. The second kappa shape index (κ2) is 9.97. The van der Waals surface area contributed by atoms with Gasteiger partial charge in [-0.15, -0.1) is 0 Å². The van der Waals surface area contributed by atoms with Crippen LogP contribution >= 0.6 is 15.9 Å². The lowest BCUT2D eigenvalue weighted by atomic mass is 10.2. The number of rotatable bonds is 3. The van der Waals surface area contributed by atoms with Crippen LogP contribution in [0.25, 0.3) is 0 Å². The van der Waals surface area contributed by atoms with E-state index in [1.54, 1.807) is 18.2 Å². The summed E-state index contributed by atoms with van der Waals surface area (Å²) in [6, 6.07) is 10.5. The molecule has 0 aliphatic rings. The molecule has 0 aliphatic heterocycles. The third-order valence-corrected chi connectivity index (χ3v) is 4.13. The van der Waals surface area contributed by atoms with E-state index in [2.05, 4.69) is 26.5 Å². The predicted octanol–water partition coefficient (Wildman–Crippen LogP) is 2.67. The van der Waals surface area contributed by atoms with Gasteiger partial charge in [-0.25, -0.2) is 15.3 Å². The fourth-order valence-corrected chi connectivity index (χ4v) is 2.32. The maximum Gasteiger partial charge on any atom is 0.294 e. The minimum absolute atomic E-state index is 0.0666. The van der Waals surface area contributed by atoms with Gasteiger partial charge in [0.15, 0.2) is 0 Å². The lowest BCUT2D eigenvalue weighted by molar-refractivity contribution is 0.228. The van der Waals surface area contributed by atoms with E-state index >= 15 is 0 Å². The molecule has 0 fully saturated rings. The molecule has 5 N–H and O–H groups in total. The van der Waals surface area contributed by atoms with Gasteiger partial charge in [0.25, 0.3) is 10.1 Å². The Hall–Kier alpha value is -2.34. The highest BCUT2D eigenvalue weighted by molar-refractivity contribution is 9.10. The number of halogens is 2. The maximum atomic E-state index is 13.2. The molecular formula is C15H16BrFN4O4S. The smallest absolute Gasteiger partial charge is 0.288 e. The first-order chi connectivity index (χ1) is 12.1. The van der Waals surface area contributed by atoms with Crippen molar-refractivity contribution in [3.63, 3.8) is 0 Å². The van der Waals surface area contributed by atoms with Crippen LogP contribution in [-0.4, -0.2) is 30.4 Å². The zero-order valence-corrected chi connectivity index (χ0v) is 15.8. The summed E-state index contributed by atoms with van der Waals surface area (Å²) in [5, 5.41) is 18.7. The summed E-state index contributed by atoms with van der Waals surface area (Å²) in [6.45, 7) is 1.84. The van der Waals surface area contributed by atoms with Crippen molar-refractivity contribution in [2.45, 2.75) is 11.8 Å². The number of benzene rings is 2. The number of hydrogen-bond donors (Lipinski definition) is 5. The topological polar surface area (TPSA) is 135 Å². The molecule has 26 heavy (non-hydrogen) atoms. The summed E-state index contributed by atoms with van der Waals surface area (Å²) in [4.78, 5) is -0.0666. The van der Waals surface area contributed by atoms with E-state index in [-0.39, 0.29) is 10.5 Å². The van der Waals surface area contributed by atoms with Crippen LogP contribution in [0.1, 0.15) is 11.1 Å². The second-order valence-electron chi connectivity index (χ2n) is 4.81. The molecule has 0 heterocycles. The highest BCUT2D eigenvalue weighted by Crippen LogP contribution is 2.13. The molecule has 0 radical (unpaired) electrons. The third-order valence-electron chi connectivity index (χ3n) is 2.77. The van der Waals surface area contributed by atoms with Crippen molar-refractivity contribution in [2.24, 2.45) is 5.10 Å². The Morgan fingerprint density at radius 1 is 1.27 bits per heavy atom. The molecule has 140 valence electrons. The van der Waals surface area contributed by atoms with Crippen molar-refractivity contribution in [1.29, 1.82) is 5.41 Å². The number of hydroxylamine groups is 1. The largest absolute Gasteiger partial charge is 0.294 e. The minimum atomic E-state index is -4.02. The van der Waals surface area contributed by atoms with Crippen molar-refractivity contribution in [3.8, 4) is 0 Å². The molecule has 2 rings (SSSR count). The Morgan fingerprint density at radius 3 is 2.38 bits per heavy atom. The van der Waals surface area contributed by atoms with Crippen LogP contribution in [0.3, 0.4) is 0 Å². The Balaban J connectivity index is 0.000000273. The van der Waals surface area contributed by atoms with E-state index in [1.807, 2.05) is 6.92 Å². The molecule has 0 saturated carbocycles. The van der Waals surface area contributed by atoms with Crippen molar-refractivity contribution in [2.75, 3.05) is 0 Å². The van der Waals surface area contributed by atoms with Crippen LogP contribution in [0, 0.1) is 18.2 Å². The Labute approximate surface area is 158 Å². The van der Waals surface area contributed by atoms with Crippen molar-refractivity contribution in [3.05, 3.63) is 63.9 Å². The number of hydrazone groups is 1. The number of hydrogen-bond acceptors (Lipinski definition) is 5. The second-order valence-corrected chi connectivity index (χ2v) is 7.15. The van der Waals surface area contributed by atoms with Crippen LogP contribution in [0.5, 0.6) is 0 Å². The standard InChI is InChI=1S/C8H8BrFN4O.C7H8O3S/c9-6-2-1-5(7(10)3-6)4-12-13-8(11)14-15;1-6-2-4-7(5-3-6)11(8,9)10/h1-4,15H,(H3,11,13,14);2-5H,1H3,(H,8,9,10). The molecule has 0 atom stereocenters. The fraction of sp³-hybridized carbons (Fsp3) is 0.0667.